The van der Waals surface area contributed by atoms with Gasteiger partial charge in [0, 0.05) is 23.1 Å². The van der Waals surface area contributed by atoms with Crippen LogP contribution >= 0.6 is 0 Å². The van der Waals surface area contributed by atoms with Gasteiger partial charge in [0.25, 0.3) is 0 Å². The van der Waals surface area contributed by atoms with Gasteiger partial charge in [-0.05, 0) is 10.8 Å². The summed E-state index contributed by atoms with van der Waals surface area (Å²) in [4.78, 5) is 22.7. The van der Waals surface area contributed by atoms with E-state index in [0.29, 0.717) is 22.5 Å². The molecular formula is C17H12O4. The number of carboxylic acids is 1. The van der Waals surface area contributed by atoms with Crippen molar-refractivity contribution >= 4 is 34.0 Å². The van der Waals surface area contributed by atoms with E-state index in [0.717, 1.165) is 10.8 Å². The molecule has 21 heavy (non-hydrogen) atoms. The summed E-state index contributed by atoms with van der Waals surface area (Å²) in [6.45, 7) is 0. The first-order valence-electron chi connectivity index (χ1n) is 6.44. The van der Waals surface area contributed by atoms with Crippen molar-refractivity contribution in [1.29, 1.82) is 0 Å². The minimum Gasteiger partial charge on any atom is -0.496 e. The van der Waals surface area contributed by atoms with Crippen LogP contribution in [0, 0.1) is 0 Å². The molecular weight excluding hydrogens is 268 g/mol. The highest BCUT2D eigenvalue weighted by Gasteiger charge is 2.29. The van der Waals surface area contributed by atoms with Gasteiger partial charge < -0.3 is 9.84 Å². The quantitative estimate of drug-likeness (QED) is 0.859. The van der Waals surface area contributed by atoms with E-state index in [1.165, 1.54) is 7.11 Å². The average Bonchev–Trinajstić information content (AvgIpc) is 2.52. The molecule has 0 amide bonds. The molecule has 2 aromatic carbocycles. The van der Waals surface area contributed by atoms with Gasteiger partial charge >= 0.3 is 5.97 Å². The number of carbonyl (C=O) groups is 1. The van der Waals surface area contributed by atoms with Crippen LogP contribution < -0.4 is 0 Å². The topological polar surface area (TPSA) is 63.6 Å². The van der Waals surface area contributed by atoms with Gasteiger partial charge in [-0.2, -0.15) is 0 Å². The van der Waals surface area contributed by atoms with Crippen LogP contribution in [0.1, 0.15) is 17.5 Å². The fraction of sp³-hybridized carbons (Fsp3) is 0.118. The lowest BCUT2D eigenvalue weighted by Gasteiger charge is -2.22. The number of carbonyl (C=O) groups excluding carboxylic acids is 1. The lowest BCUT2D eigenvalue weighted by atomic mass is 9.84. The van der Waals surface area contributed by atoms with Crippen LogP contribution in [-0.2, 0) is 14.3 Å². The summed E-state index contributed by atoms with van der Waals surface area (Å²) in [5, 5.41) is 11.2. The molecule has 0 fully saturated rings. The Balaban J connectivity index is 2.48. The molecule has 0 saturated heterocycles. The third kappa shape index (κ3) is 1.93. The van der Waals surface area contributed by atoms with Gasteiger partial charge in [0.1, 0.15) is 11.7 Å². The van der Waals surface area contributed by atoms with E-state index in [2.05, 4.69) is 0 Å². The molecule has 0 atom stereocenters. The molecule has 1 N–H and O–H groups in total. The van der Waals surface area contributed by atoms with Gasteiger partial charge in [0.05, 0.1) is 12.7 Å². The highest BCUT2D eigenvalue weighted by atomic mass is 16.5. The Hall–Kier alpha value is -2.84. The molecule has 0 heterocycles. The van der Waals surface area contributed by atoms with Crippen LogP contribution in [0.5, 0.6) is 0 Å². The monoisotopic (exact) mass is 280 g/mol. The second kappa shape index (κ2) is 4.93. The second-order valence-corrected chi connectivity index (χ2v) is 4.78. The van der Waals surface area contributed by atoms with Gasteiger partial charge in [-0.3, -0.25) is 0 Å². The fourth-order valence-electron chi connectivity index (χ4n) is 2.76. The lowest BCUT2D eigenvalue weighted by molar-refractivity contribution is -0.132. The fourth-order valence-corrected chi connectivity index (χ4v) is 2.76. The van der Waals surface area contributed by atoms with Crippen LogP contribution in [0.2, 0.25) is 0 Å². The Labute approximate surface area is 121 Å². The first kappa shape index (κ1) is 13.2. The lowest BCUT2D eigenvalue weighted by Crippen LogP contribution is -2.13. The molecule has 4 nitrogen and oxygen atoms in total. The van der Waals surface area contributed by atoms with Crippen molar-refractivity contribution in [3.63, 3.8) is 0 Å². The van der Waals surface area contributed by atoms with E-state index < -0.39 is 5.97 Å². The van der Waals surface area contributed by atoms with Crippen molar-refractivity contribution in [2.24, 2.45) is 0 Å². The maximum Gasteiger partial charge on any atom is 0.335 e. The Morgan fingerprint density at radius 3 is 2.67 bits per heavy atom. The molecule has 0 aliphatic heterocycles. The van der Waals surface area contributed by atoms with Gasteiger partial charge in [-0.15, -0.1) is 0 Å². The molecule has 3 rings (SSSR count). The number of rotatable bonds is 2. The van der Waals surface area contributed by atoms with Crippen molar-refractivity contribution in [2.45, 2.75) is 6.42 Å². The van der Waals surface area contributed by atoms with Crippen LogP contribution in [-0.4, -0.2) is 24.1 Å². The Bertz CT molecular complexity index is 839. The SMILES string of the molecule is COC1=C(C(=O)O)CC(=C=O)c2ccc3ccccc3c21. The van der Waals surface area contributed by atoms with Crippen LogP contribution in [0.3, 0.4) is 0 Å². The van der Waals surface area contributed by atoms with E-state index in [9.17, 15) is 14.7 Å². The molecule has 0 radical (unpaired) electrons. The Kier molecular flexibility index (Phi) is 3.09. The average molecular weight is 280 g/mol. The summed E-state index contributed by atoms with van der Waals surface area (Å²) < 4.78 is 5.35. The maximum atomic E-state index is 11.5. The summed E-state index contributed by atoms with van der Waals surface area (Å²) in [6, 6.07) is 11.3. The van der Waals surface area contributed by atoms with E-state index in [1.807, 2.05) is 42.3 Å². The molecule has 0 saturated carbocycles. The van der Waals surface area contributed by atoms with E-state index in [-0.39, 0.29) is 12.0 Å². The van der Waals surface area contributed by atoms with Crippen molar-refractivity contribution in [2.75, 3.05) is 7.11 Å². The minimum absolute atomic E-state index is 0.0212. The summed E-state index contributed by atoms with van der Waals surface area (Å²) in [5.41, 5.74) is 1.76. The predicted octanol–water partition coefficient (Wildman–Crippen LogP) is 2.90. The summed E-state index contributed by atoms with van der Waals surface area (Å²) in [7, 11) is 1.44. The zero-order valence-electron chi connectivity index (χ0n) is 11.3. The number of hydrogen-bond donors (Lipinski definition) is 1. The van der Waals surface area contributed by atoms with Crippen molar-refractivity contribution in [3.8, 4) is 0 Å². The molecule has 104 valence electrons. The highest BCUT2D eigenvalue weighted by molar-refractivity contribution is 6.10. The van der Waals surface area contributed by atoms with E-state index in [1.54, 1.807) is 0 Å². The molecule has 0 bridgehead atoms. The van der Waals surface area contributed by atoms with Crippen LogP contribution in [0.15, 0.2) is 42.0 Å². The summed E-state index contributed by atoms with van der Waals surface area (Å²) in [6.07, 6.45) is 0.0212. The number of hydrogen-bond acceptors (Lipinski definition) is 3. The predicted molar refractivity (Wildman–Crippen MR) is 79.2 cm³/mol. The largest absolute Gasteiger partial charge is 0.496 e. The normalized spacial score (nSPS) is 13.9. The molecule has 2 aromatic rings. The number of carboxylic acid groups (broad SMARTS) is 1. The van der Waals surface area contributed by atoms with Crippen molar-refractivity contribution in [3.05, 3.63) is 53.1 Å². The number of allylic oxidation sites excluding steroid dienone is 1. The standard InChI is InChI=1S/C17H12O4/c1-21-16-14(17(19)20)8-11(9-18)13-7-6-10-4-2-3-5-12(10)15(13)16/h2-7H,8H2,1H3,(H,19,20). The zero-order valence-corrected chi connectivity index (χ0v) is 11.3. The second-order valence-electron chi connectivity index (χ2n) is 4.78. The van der Waals surface area contributed by atoms with Crippen molar-refractivity contribution < 1.29 is 19.4 Å². The number of ether oxygens (including phenoxy) is 1. The van der Waals surface area contributed by atoms with Crippen LogP contribution in [0.25, 0.3) is 22.1 Å². The first-order valence-corrected chi connectivity index (χ1v) is 6.44. The van der Waals surface area contributed by atoms with Gasteiger partial charge in [0.15, 0.2) is 0 Å². The smallest absolute Gasteiger partial charge is 0.335 e. The third-order valence-electron chi connectivity index (χ3n) is 3.69. The van der Waals surface area contributed by atoms with Crippen LogP contribution in [0.4, 0.5) is 0 Å². The number of fused-ring (bicyclic) bond motifs is 3. The molecule has 1 aliphatic rings. The van der Waals surface area contributed by atoms with E-state index in [4.69, 9.17) is 4.74 Å². The number of aliphatic carboxylic acids is 1. The van der Waals surface area contributed by atoms with E-state index >= 15 is 0 Å². The van der Waals surface area contributed by atoms with Crippen molar-refractivity contribution in [1.82, 2.24) is 0 Å². The Morgan fingerprint density at radius 2 is 2.00 bits per heavy atom. The molecule has 0 aromatic heterocycles. The summed E-state index contributed by atoms with van der Waals surface area (Å²) in [5.74, 6) is 1.10. The molecule has 0 unspecified atom stereocenters. The number of benzene rings is 2. The highest BCUT2D eigenvalue weighted by Crippen LogP contribution is 2.41. The minimum atomic E-state index is -1.09. The zero-order chi connectivity index (χ0) is 15.0. The third-order valence-corrected chi connectivity index (χ3v) is 3.69. The first-order chi connectivity index (χ1) is 10.2. The molecule has 0 spiro atoms. The Morgan fingerprint density at radius 1 is 1.24 bits per heavy atom. The van der Waals surface area contributed by atoms with Gasteiger partial charge in [-0.25, -0.2) is 9.59 Å². The molecule has 4 heteroatoms. The summed E-state index contributed by atoms with van der Waals surface area (Å²) >= 11 is 0. The molecule has 1 aliphatic carbocycles. The van der Waals surface area contributed by atoms with Gasteiger partial charge in [-0.1, -0.05) is 36.4 Å². The maximum absolute atomic E-state index is 11.5. The number of methoxy groups -OCH3 is 1. The van der Waals surface area contributed by atoms with Gasteiger partial charge in [0.2, 0.25) is 0 Å².